The first-order valence-electron chi connectivity index (χ1n) is 7.80. The standard InChI is InChI=1S/C20H17F3O/c1-3-4-13-5-6-14-11-16(12-7-9-15(24-2)10-8-12)19(22)20(23)17(14)18(13)21/h5-11H,3-4H2,1-2H3. The molecule has 0 unspecified atom stereocenters. The third-order valence-corrected chi connectivity index (χ3v) is 4.12. The van der Waals surface area contributed by atoms with Crippen molar-refractivity contribution >= 4 is 10.8 Å². The molecule has 0 radical (unpaired) electrons. The van der Waals surface area contributed by atoms with Crippen molar-refractivity contribution in [3.05, 3.63) is 65.5 Å². The number of hydrogen-bond donors (Lipinski definition) is 0. The third-order valence-electron chi connectivity index (χ3n) is 4.12. The van der Waals surface area contributed by atoms with Crippen LogP contribution in [-0.2, 0) is 6.42 Å². The Hall–Kier alpha value is -2.49. The number of methoxy groups -OCH3 is 1. The Morgan fingerprint density at radius 1 is 0.875 bits per heavy atom. The SMILES string of the molecule is CCCc1ccc2cc(-c3ccc(OC)cc3)c(F)c(F)c2c1F. The normalized spacial score (nSPS) is 11.0. The number of rotatable bonds is 4. The van der Waals surface area contributed by atoms with Crippen LogP contribution in [0.5, 0.6) is 5.75 Å². The number of aryl methyl sites for hydroxylation is 1. The molecule has 3 aromatic rings. The van der Waals surface area contributed by atoms with Crippen molar-refractivity contribution in [3.63, 3.8) is 0 Å². The molecule has 0 heterocycles. The van der Waals surface area contributed by atoms with Crippen LogP contribution in [-0.4, -0.2) is 7.11 Å². The molecule has 0 aliphatic rings. The van der Waals surface area contributed by atoms with Crippen LogP contribution in [0, 0.1) is 17.5 Å². The molecule has 0 aliphatic heterocycles. The van der Waals surface area contributed by atoms with E-state index in [-0.39, 0.29) is 10.9 Å². The molecule has 0 atom stereocenters. The van der Waals surface area contributed by atoms with Gasteiger partial charge in [-0.05, 0) is 41.1 Å². The van der Waals surface area contributed by atoms with Gasteiger partial charge in [-0.2, -0.15) is 0 Å². The molecule has 0 aromatic heterocycles. The number of benzene rings is 3. The molecule has 0 aliphatic carbocycles. The van der Waals surface area contributed by atoms with Crippen molar-refractivity contribution in [2.45, 2.75) is 19.8 Å². The zero-order valence-electron chi connectivity index (χ0n) is 13.5. The molecule has 4 heteroatoms. The van der Waals surface area contributed by atoms with E-state index in [1.807, 2.05) is 6.92 Å². The molecule has 0 bridgehead atoms. The fraction of sp³-hybridized carbons (Fsp3) is 0.200. The monoisotopic (exact) mass is 330 g/mol. The Bertz CT molecular complexity index is 886. The van der Waals surface area contributed by atoms with Crippen LogP contribution in [0.1, 0.15) is 18.9 Å². The predicted octanol–water partition coefficient (Wildman–Crippen LogP) is 5.89. The number of fused-ring (bicyclic) bond motifs is 1. The van der Waals surface area contributed by atoms with Gasteiger partial charge in [0.05, 0.1) is 12.5 Å². The van der Waals surface area contributed by atoms with Crippen LogP contribution >= 0.6 is 0 Å². The van der Waals surface area contributed by atoms with Gasteiger partial charge in [-0.3, -0.25) is 0 Å². The van der Waals surface area contributed by atoms with E-state index in [9.17, 15) is 13.2 Å². The van der Waals surface area contributed by atoms with Gasteiger partial charge in [-0.25, -0.2) is 13.2 Å². The summed E-state index contributed by atoms with van der Waals surface area (Å²) in [7, 11) is 1.53. The summed E-state index contributed by atoms with van der Waals surface area (Å²) in [5, 5.41) is 0.0628. The lowest BCUT2D eigenvalue weighted by molar-refractivity contribution is 0.415. The fourth-order valence-electron chi connectivity index (χ4n) is 2.87. The van der Waals surface area contributed by atoms with Gasteiger partial charge in [-0.1, -0.05) is 37.6 Å². The molecule has 0 saturated heterocycles. The molecule has 3 rings (SSSR count). The second-order valence-electron chi connectivity index (χ2n) is 5.67. The molecule has 124 valence electrons. The Kier molecular flexibility index (Phi) is 4.47. The molecule has 1 nitrogen and oxygen atoms in total. The average Bonchev–Trinajstić information content (AvgIpc) is 2.60. The molecule has 0 saturated carbocycles. The Balaban J connectivity index is 2.20. The maximum absolute atomic E-state index is 14.5. The lowest BCUT2D eigenvalue weighted by Gasteiger charge is -2.11. The first-order chi connectivity index (χ1) is 11.6. The lowest BCUT2D eigenvalue weighted by Crippen LogP contribution is -1.98. The Labute approximate surface area is 138 Å². The Morgan fingerprint density at radius 3 is 2.21 bits per heavy atom. The summed E-state index contributed by atoms with van der Waals surface area (Å²) >= 11 is 0. The fourth-order valence-corrected chi connectivity index (χ4v) is 2.87. The van der Waals surface area contributed by atoms with Crippen LogP contribution < -0.4 is 4.74 Å². The van der Waals surface area contributed by atoms with Gasteiger partial charge in [0.2, 0.25) is 0 Å². The van der Waals surface area contributed by atoms with E-state index in [2.05, 4.69) is 0 Å². The van der Waals surface area contributed by atoms with Crippen LogP contribution in [0.2, 0.25) is 0 Å². The summed E-state index contributed by atoms with van der Waals surface area (Å²) in [6.07, 6.45) is 1.22. The van der Waals surface area contributed by atoms with E-state index < -0.39 is 17.5 Å². The molecular weight excluding hydrogens is 313 g/mol. The van der Waals surface area contributed by atoms with E-state index in [1.54, 1.807) is 36.4 Å². The minimum absolute atomic E-state index is 0.102. The number of halogens is 3. The number of hydrogen-bond acceptors (Lipinski definition) is 1. The second kappa shape index (κ2) is 6.56. The van der Waals surface area contributed by atoms with Gasteiger partial charge < -0.3 is 4.74 Å². The van der Waals surface area contributed by atoms with Gasteiger partial charge in [0.25, 0.3) is 0 Å². The van der Waals surface area contributed by atoms with Gasteiger partial charge in [0.1, 0.15) is 11.6 Å². The van der Waals surface area contributed by atoms with Crippen molar-refractivity contribution in [1.29, 1.82) is 0 Å². The molecule has 24 heavy (non-hydrogen) atoms. The van der Waals surface area contributed by atoms with E-state index in [0.717, 1.165) is 6.42 Å². The number of ether oxygens (including phenoxy) is 1. The van der Waals surface area contributed by atoms with Crippen LogP contribution in [0.15, 0.2) is 42.5 Å². The van der Waals surface area contributed by atoms with E-state index in [1.165, 1.54) is 13.2 Å². The summed E-state index contributed by atoms with van der Waals surface area (Å²) in [6, 6.07) is 11.4. The van der Waals surface area contributed by atoms with Crippen LogP contribution in [0.3, 0.4) is 0 Å². The zero-order valence-corrected chi connectivity index (χ0v) is 13.5. The van der Waals surface area contributed by atoms with Crippen molar-refractivity contribution in [2.24, 2.45) is 0 Å². The highest BCUT2D eigenvalue weighted by Crippen LogP contribution is 2.34. The first kappa shape index (κ1) is 16.4. The molecule has 0 spiro atoms. The average molecular weight is 330 g/mol. The summed E-state index contributed by atoms with van der Waals surface area (Å²) in [4.78, 5) is 0. The molecule has 0 amide bonds. The molecule has 0 fully saturated rings. The molecular formula is C20H17F3O. The van der Waals surface area contributed by atoms with Crippen molar-refractivity contribution in [2.75, 3.05) is 7.11 Å². The third kappa shape index (κ3) is 2.73. The van der Waals surface area contributed by atoms with Crippen LogP contribution in [0.25, 0.3) is 21.9 Å². The minimum atomic E-state index is -1.14. The molecule has 0 N–H and O–H groups in total. The summed E-state index contributed by atoms with van der Waals surface area (Å²) in [6.45, 7) is 1.91. The highest BCUT2D eigenvalue weighted by molar-refractivity contribution is 5.89. The van der Waals surface area contributed by atoms with Gasteiger partial charge in [-0.15, -0.1) is 0 Å². The maximum Gasteiger partial charge on any atom is 0.170 e. The zero-order chi connectivity index (χ0) is 17.3. The Morgan fingerprint density at radius 2 is 1.58 bits per heavy atom. The van der Waals surface area contributed by atoms with Crippen molar-refractivity contribution in [3.8, 4) is 16.9 Å². The highest BCUT2D eigenvalue weighted by Gasteiger charge is 2.19. The van der Waals surface area contributed by atoms with Crippen molar-refractivity contribution < 1.29 is 17.9 Å². The van der Waals surface area contributed by atoms with E-state index >= 15 is 0 Å². The van der Waals surface area contributed by atoms with Crippen molar-refractivity contribution in [1.82, 2.24) is 0 Å². The van der Waals surface area contributed by atoms with Gasteiger partial charge in [0, 0.05) is 5.56 Å². The summed E-state index contributed by atoms with van der Waals surface area (Å²) < 4.78 is 48.6. The summed E-state index contributed by atoms with van der Waals surface area (Å²) in [5.74, 6) is -2.24. The lowest BCUT2D eigenvalue weighted by atomic mass is 9.97. The van der Waals surface area contributed by atoms with Gasteiger partial charge >= 0.3 is 0 Å². The van der Waals surface area contributed by atoms with Gasteiger partial charge in [0.15, 0.2) is 11.6 Å². The second-order valence-corrected chi connectivity index (χ2v) is 5.67. The predicted molar refractivity (Wildman–Crippen MR) is 89.8 cm³/mol. The maximum atomic E-state index is 14.5. The topological polar surface area (TPSA) is 9.23 Å². The minimum Gasteiger partial charge on any atom is -0.497 e. The quantitative estimate of drug-likeness (QED) is 0.580. The van der Waals surface area contributed by atoms with E-state index in [4.69, 9.17) is 4.74 Å². The van der Waals surface area contributed by atoms with Crippen LogP contribution in [0.4, 0.5) is 13.2 Å². The first-order valence-corrected chi connectivity index (χ1v) is 7.80. The smallest absolute Gasteiger partial charge is 0.170 e. The highest BCUT2D eigenvalue weighted by atomic mass is 19.2. The largest absolute Gasteiger partial charge is 0.497 e. The summed E-state index contributed by atoms with van der Waals surface area (Å²) in [5.41, 5.74) is 1.01. The molecule has 3 aromatic carbocycles. The van der Waals surface area contributed by atoms with E-state index in [0.29, 0.717) is 28.7 Å².